The van der Waals surface area contributed by atoms with Crippen LogP contribution in [0.5, 0.6) is 0 Å². The predicted octanol–water partition coefficient (Wildman–Crippen LogP) is 2.51. The van der Waals surface area contributed by atoms with E-state index >= 15 is 0 Å². The van der Waals surface area contributed by atoms with Crippen molar-refractivity contribution in [3.63, 3.8) is 0 Å². The predicted molar refractivity (Wildman–Crippen MR) is 51.7 cm³/mol. The van der Waals surface area contributed by atoms with E-state index in [2.05, 4.69) is 45.2 Å². The molecule has 0 atom stereocenters. The van der Waals surface area contributed by atoms with E-state index < -0.39 is 0 Å². The second-order valence-corrected chi connectivity index (χ2v) is 2.80. The van der Waals surface area contributed by atoms with Crippen LogP contribution >= 0.6 is 0 Å². The highest BCUT2D eigenvalue weighted by Gasteiger charge is 1.87. The third-order valence-corrected chi connectivity index (χ3v) is 1.58. The molecule has 0 aromatic rings. The highest BCUT2D eigenvalue weighted by atomic mass is 14.8. The summed E-state index contributed by atoms with van der Waals surface area (Å²) in [6, 6.07) is 0. The fourth-order valence-electron chi connectivity index (χ4n) is 0.845. The van der Waals surface area contributed by atoms with Crippen molar-refractivity contribution in [3.8, 4) is 0 Å². The van der Waals surface area contributed by atoms with E-state index in [-0.39, 0.29) is 0 Å². The Hall–Kier alpha value is -0.560. The topological polar surface area (TPSA) is 12.0 Å². The van der Waals surface area contributed by atoms with Gasteiger partial charge < -0.3 is 5.32 Å². The Labute approximate surface area is 70.2 Å². The fourth-order valence-corrected chi connectivity index (χ4v) is 0.845. The van der Waals surface area contributed by atoms with Crippen LogP contribution in [0.25, 0.3) is 0 Å². The molecule has 0 spiro atoms. The van der Waals surface area contributed by atoms with Gasteiger partial charge in [0.2, 0.25) is 0 Å². The van der Waals surface area contributed by atoms with E-state index in [1.165, 1.54) is 11.1 Å². The van der Waals surface area contributed by atoms with Crippen molar-refractivity contribution in [1.29, 1.82) is 0 Å². The lowest BCUT2D eigenvalue weighted by molar-refractivity contribution is 0.775. The minimum absolute atomic E-state index is 1.00. The zero-order chi connectivity index (χ0) is 8.69. The van der Waals surface area contributed by atoms with E-state index in [0.717, 1.165) is 13.1 Å². The molecule has 0 aliphatic carbocycles. The Morgan fingerprint density at radius 1 is 1.36 bits per heavy atom. The summed E-state index contributed by atoms with van der Waals surface area (Å²) in [7, 11) is 0. The molecule has 0 aliphatic heterocycles. The van der Waals surface area contributed by atoms with E-state index in [4.69, 9.17) is 0 Å². The van der Waals surface area contributed by atoms with E-state index in [1.54, 1.807) is 0 Å². The Bertz CT molecular complexity index is 154. The summed E-state index contributed by atoms with van der Waals surface area (Å²) in [5.74, 6) is 0. The quantitative estimate of drug-likeness (QED) is 0.612. The number of hydrogen-bond donors (Lipinski definition) is 1. The summed E-state index contributed by atoms with van der Waals surface area (Å²) in [6.45, 7) is 10.5. The van der Waals surface area contributed by atoms with Crippen molar-refractivity contribution < 1.29 is 0 Å². The van der Waals surface area contributed by atoms with E-state index in [0.29, 0.717) is 0 Å². The standard InChI is InChI=1S/C10H19N/c1-5-9(3)7-10(4)8-11-6-2/h5,7,11H,6,8H2,1-4H3/b9-5-,10-7+. The van der Waals surface area contributed by atoms with Gasteiger partial charge in [-0.15, -0.1) is 0 Å². The minimum atomic E-state index is 1.00. The Morgan fingerprint density at radius 2 is 2.00 bits per heavy atom. The maximum atomic E-state index is 3.28. The summed E-state index contributed by atoms with van der Waals surface area (Å²) < 4.78 is 0. The average molecular weight is 153 g/mol. The van der Waals surface area contributed by atoms with Gasteiger partial charge in [0.05, 0.1) is 0 Å². The second-order valence-electron chi connectivity index (χ2n) is 2.80. The molecular weight excluding hydrogens is 134 g/mol. The van der Waals surface area contributed by atoms with Gasteiger partial charge in [0.1, 0.15) is 0 Å². The number of allylic oxidation sites excluding steroid dienone is 3. The zero-order valence-electron chi connectivity index (χ0n) is 8.07. The SMILES string of the molecule is C/C=C(C)\C=C(/C)CNCC. The summed E-state index contributed by atoms with van der Waals surface area (Å²) in [5, 5.41) is 3.28. The molecule has 0 amide bonds. The van der Waals surface area contributed by atoms with Crippen LogP contribution in [0.2, 0.25) is 0 Å². The lowest BCUT2D eigenvalue weighted by Crippen LogP contribution is -2.14. The molecule has 1 heteroatoms. The normalized spacial score (nSPS) is 13.8. The van der Waals surface area contributed by atoms with Crippen LogP contribution in [-0.4, -0.2) is 13.1 Å². The van der Waals surface area contributed by atoms with Crippen molar-refractivity contribution >= 4 is 0 Å². The molecule has 0 saturated carbocycles. The molecule has 11 heavy (non-hydrogen) atoms. The molecule has 1 nitrogen and oxygen atoms in total. The fraction of sp³-hybridized carbons (Fsp3) is 0.600. The van der Waals surface area contributed by atoms with Crippen LogP contribution in [0.1, 0.15) is 27.7 Å². The van der Waals surface area contributed by atoms with Gasteiger partial charge in [-0.3, -0.25) is 0 Å². The van der Waals surface area contributed by atoms with Crippen molar-refractivity contribution in [2.24, 2.45) is 0 Å². The minimum Gasteiger partial charge on any atom is -0.313 e. The van der Waals surface area contributed by atoms with Crippen LogP contribution in [0.3, 0.4) is 0 Å². The van der Waals surface area contributed by atoms with Crippen LogP contribution in [0.4, 0.5) is 0 Å². The monoisotopic (exact) mass is 153 g/mol. The largest absolute Gasteiger partial charge is 0.313 e. The lowest BCUT2D eigenvalue weighted by Gasteiger charge is -2.01. The highest BCUT2D eigenvalue weighted by molar-refractivity contribution is 5.20. The number of nitrogens with one attached hydrogen (secondary N) is 1. The summed E-state index contributed by atoms with van der Waals surface area (Å²) in [6.07, 6.45) is 4.33. The summed E-state index contributed by atoms with van der Waals surface area (Å²) in [5.41, 5.74) is 2.72. The van der Waals surface area contributed by atoms with Crippen LogP contribution in [-0.2, 0) is 0 Å². The lowest BCUT2D eigenvalue weighted by atomic mass is 10.2. The molecule has 0 saturated heterocycles. The van der Waals surface area contributed by atoms with Crippen LogP contribution < -0.4 is 5.32 Å². The average Bonchev–Trinajstić information content (AvgIpc) is 2.00. The molecule has 0 rings (SSSR count). The highest BCUT2D eigenvalue weighted by Crippen LogP contribution is 1.99. The molecule has 1 N–H and O–H groups in total. The van der Waals surface area contributed by atoms with Gasteiger partial charge in [-0.05, 0) is 27.3 Å². The van der Waals surface area contributed by atoms with Gasteiger partial charge in [0.15, 0.2) is 0 Å². The maximum Gasteiger partial charge on any atom is 0.0164 e. The molecule has 0 fully saturated rings. The first-order chi connectivity index (χ1) is 5.20. The third-order valence-electron chi connectivity index (χ3n) is 1.58. The zero-order valence-corrected chi connectivity index (χ0v) is 8.07. The molecule has 0 heterocycles. The van der Waals surface area contributed by atoms with Gasteiger partial charge in [-0.2, -0.15) is 0 Å². The first-order valence-electron chi connectivity index (χ1n) is 4.21. The molecule has 0 aromatic heterocycles. The first kappa shape index (κ1) is 10.4. The molecular formula is C10H19N. The number of rotatable bonds is 4. The van der Waals surface area contributed by atoms with Gasteiger partial charge in [0.25, 0.3) is 0 Å². The Kier molecular flexibility index (Phi) is 5.86. The van der Waals surface area contributed by atoms with Gasteiger partial charge >= 0.3 is 0 Å². The van der Waals surface area contributed by atoms with Crippen molar-refractivity contribution in [2.45, 2.75) is 27.7 Å². The van der Waals surface area contributed by atoms with E-state index in [9.17, 15) is 0 Å². The first-order valence-corrected chi connectivity index (χ1v) is 4.21. The summed E-state index contributed by atoms with van der Waals surface area (Å²) >= 11 is 0. The van der Waals surface area contributed by atoms with Gasteiger partial charge in [0, 0.05) is 6.54 Å². The van der Waals surface area contributed by atoms with Gasteiger partial charge in [-0.25, -0.2) is 0 Å². The summed E-state index contributed by atoms with van der Waals surface area (Å²) in [4.78, 5) is 0. The second kappa shape index (κ2) is 6.17. The number of hydrogen-bond acceptors (Lipinski definition) is 1. The van der Waals surface area contributed by atoms with Crippen molar-refractivity contribution in [2.75, 3.05) is 13.1 Å². The third kappa shape index (κ3) is 5.86. The molecule has 0 radical (unpaired) electrons. The molecule has 64 valence electrons. The van der Waals surface area contributed by atoms with Crippen molar-refractivity contribution in [1.82, 2.24) is 5.32 Å². The number of likely N-dealkylation sites (N-methyl/N-ethyl adjacent to an activating group) is 1. The smallest absolute Gasteiger partial charge is 0.0164 e. The molecule has 0 aromatic carbocycles. The molecule has 0 bridgehead atoms. The van der Waals surface area contributed by atoms with Gasteiger partial charge in [-0.1, -0.05) is 30.2 Å². The molecule has 0 unspecified atom stereocenters. The van der Waals surface area contributed by atoms with Crippen LogP contribution in [0, 0.1) is 0 Å². The Morgan fingerprint density at radius 3 is 2.45 bits per heavy atom. The van der Waals surface area contributed by atoms with Crippen molar-refractivity contribution in [3.05, 3.63) is 23.3 Å². The van der Waals surface area contributed by atoms with Crippen LogP contribution in [0.15, 0.2) is 23.3 Å². The Balaban J connectivity index is 3.80. The van der Waals surface area contributed by atoms with E-state index in [1.807, 2.05) is 0 Å². The molecule has 0 aliphatic rings. The maximum absolute atomic E-state index is 3.28.